The van der Waals surface area contributed by atoms with Gasteiger partial charge in [0.1, 0.15) is 5.82 Å². The summed E-state index contributed by atoms with van der Waals surface area (Å²) in [5.41, 5.74) is 2.24. The molecule has 0 atom stereocenters. The first kappa shape index (κ1) is 13.3. The minimum Gasteiger partial charge on any atom is -0.479 e. The molecule has 0 saturated carbocycles. The Balaban J connectivity index is 1.86. The van der Waals surface area contributed by atoms with Crippen LogP contribution in [0, 0.1) is 5.82 Å². The molecule has 0 radical (unpaired) electrons. The number of imidazole rings is 1. The number of halogens is 1. The van der Waals surface area contributed by atoms with E-state index in [-0.39, 0.29) is 5.82 Å². The Morgan fingerprint density at radius 1 is 1.24 bits per heavy atom. The highest BCUT2D eigenvalue weighted by Gasteiger charge is 2.12. The van der Waals surface area contributed by atoms with Crippen LogP contribution >= 0.6 is 0 Å². The first-order chi connectivity index (χ1) is 10.2. The number of aryl methyl sites for hydroxylation is 1. The Morgan fingerprint density at radius 2 is 2.00 bits per heavy atom. The molecule has 0 bridgehead atoms. The zero-order chi connectivity index (χ0) is 14.8. The summed E-state index contributed by atoms with van der Waals surface area (Å²) in [4.78, 5) is 12.9. The first-order valence-corrected chi connectivity index (χ1v) is 6.39. The quantitative estimate of drug-likeness (QED) is 0.796. The number of rotatable bonds is 4. The van der Waals surface area contributed by atoms with Gasteiger partial charge in [0.25, 0.3) is 0 Å². The highest BCUT2D eigenvalue weighted by atomic mass is 19.1. The molecule has 0 unspecified atom stereocenters. The molecule has 108 valence electrons. The summed E-state index contributed by atoms with van der Waals surface area (Å²) in [6.45, 7) is 0.493. The molecule has 6 nitrogen and oxygen atoms in total. The molecule has 3 rings (SSSR count). The van der Waals surface area contributed by atoms with Crippen molar-refractivity contribution >= 4 is 17.1 Å². The van der Waals surface area contributed by atoms with E-state index in [2.05, 4.69) is 20.3 Å². The van der Waals surface area contributed by atoms with E-state index in [0.717, 1.165) is 5.56 Å². The minimum absolute atomic E-state index is 0.257. The van der Waals surface area contributed by atoms with Crippen LogP contribution in [0.15, 0.2) is 30.6 Å². The summed E-state index contributed by atoms with van der Waals surface area (Å²) >= 11 is 0. The number of fused-ring (bicyclic) bond motifs is 1. The van der Waals surface area contributed by atoms with Crippen LogP contribution in [0.2, 0.25) is 0 Å². The van der Waals surface area contributed by atoms with Crippen LogP contribution < -0.4 is 10.1 Å². The molecule has 0 aliphatic carbocycles. The third-order valence-electron chi connectivity index (χ3n) is 3.08. The lowest BCUT2D eigenvalue weighted by atomic mass is 10.2. The van der Waals surface area contributed by atoms with Gasteiger partial charge >= 0.3 is 0 Å². The van der Waals surface area contributed by atoms with Gasteiger partial charge in [-0.2, -0.15) is 9.97 Å². The van der Waals surface area contributed by atoms with E-state index in [0.29, 0.717) is 29.5 Å². The second-order valence-electron chi connectivity index (χ2n) is 4.56. The smallest absolute Gasteiger partial charge is 0.246 e. The van der Waals surface area contributed by atoms with Crippen molar-refractivity contribution in [3.63, 3.8) is 0 Å². The summed E-state index contributed by atoms with van der Waals surface area (Å²) in [5, 5.41) is 3.10. The topological polar surface area (TPSA) is 64.9 Å². The molecule has 0 fully saturated rings. The van der Waals surface area contributed by atoms with Crippen LogP contribution in [0.1, 0.15) is 5.56 Å². The number of nitrogens with one attached hydrogen (secondary N) is 1. The fourth-order valence-electron chi connectivity index (χ4n) is 1.99. The van der Waals surface area contributed by atoms with Crippen molar-refractivity contribution in [2.24, 2.45) is 7.05 Å². The Hall–Kier alpha value is -2.70. The normalized spacial score (nSPS) is 10.8. The molecule has 1 aromatic carbocycles. The zero-order valence-electron chi connectivity index (χ0n) is 11.7. The summed E-state index contributed by atoms with van der Waals surface area (Å²) in [7, 11) is 3.39. The number of hydrogen-bond acceptors (Lipinski definition) is 5. The number of ether oxygens (including phenoxy) is 1. The van der Waals surface area contributed by atoms with E-state index >= 15 is 0 Å². The van der Waals surface area contributed by atoms with E-state index in [1.807, 2.05) is 7.05 Å². The lowest BCUT2D eigenvalue weighted by molar-refractivity contribution is 0.402. The van der Waals surface area contributed by atoms with Gasteiger partial charge in [0, 0.05) is 13.6 Å². The van der Waals surface area contributed by atoms with E-state index in [1.54, 1.807) is 30.1 Å². The van der Waals surface area contributed by atoms with Crippen molar-refractivity contribution < 1.29 is 9.13 Å². The van der Waals surface area contributed by atoms with Gasteiger partial charge in [-0.25, -0.2) is 9.37 Å². The lowest BCUT2D eigenvalue weighted by Gasteiger charge is -2.07. The molecular weight excluding hydrogens is 273 g/mol. The summed E-state index contributed by atoms with van der Waals surface area (Å²) < 4.78 is 19.9. The molecule has 2 aromatic heterocycles. The monoisotopic (exact) mass is 287 g/mol. The van der Waals surface area contributed by atoms with E-state index < -0.39 is 0 Å². The van der Waals surface area contributed by atoms with Crippen molar-refractivity contribution in [1.82, 2.24) is 19.5 Å². The molecule has 3 aromatic rings. The number of hydrogen-bond donors (Lipinski definition) is 1. The van der Waals surface area contributed by atoms with Crippen molar-refractivity contribution in [2.45, 2.75) is 6.54 Å². The van der Waals surface area contributed by atoms with Gasteiger partial charge in [-0.3, -0.25) is 0 Å². The first-order valence-electron chi connectivity index (χ1n) is 6.39. The minimum atomic E-state index is -0.257. The zero-order valence-corrected chi connectivity index (χ0v) is 11.7. The van der Waals surface area contributed by atoms with Crippen LogP contribution in [0.3, 0.4) is 0 Å². The molecule has 2 heterocycles. The largest absolute Gasteiger partial charge is 0.479 e. The van der Waals surface area contributed by atoms with Gasteiger partial charge < -0.3 is 14.6 Å². The molecule has 0 amide bonds. The van der Waals surface area contributed by atoms with Crippen molar-refractivity contribution in [3.8, 4) is 5.88 Å². The maximum absolute atomic E-state index is 12.9. The second kappa shape index (κ2) is 5.35. The second-order valence-corrected chi connectivity index (χ2v) is 4.56. The van der Waals surface area contributed by atoms with Gasteiger partial charge in [0.15, 0.2) is 11.2 Å². The number of aromatic nitrogens is 4. The van der Waals surface area contributed by atoms with Gasteiger partial charge in [-0.05, 0) is 17.7 Å². The molecule has 0 saturated heterocycles. The van der Waals surface area contributed by atoms with Crippen LogP contribution in [-0.2, 0) is 13.6 Å². The number of anilines is 1. The summed E-state index contributed by atoms with van der Waals surface area (Å²) in [6, 6.07) is 6.26. The van der Waals surface area contributed by atoms with Crippen LogP contribution in [0.25, 0.3) is 11.2 Å². The third kappa shape index (κ3) is 2.62. The maximum atomic E-state index is 12.9. The Morgan fingerprint density at radius 3 is 2.71 bits per heavy atom. The van der Waals surface area contributed by atoms with Crippen molar-refractivity contribution in [3.05, 3.63) is 42.0 Å². The molecule has 0 aliphatic rings. The average Bonchev–Trinajstić information content (AvgIpc) is 2.87. The molecular formula is C14H14FN5O. The number of nitrogens with zero attached hydrogens (tertiary/aromatic N) is 4. The Bertz CT molecular complexity index is 769. The molecule has 0 aliphatic heterocycles. The lowest BCUT2D eigenvalue weighted by Crippen LogP contribution is -2.05. The molecule has 1 N–H and O–H groups in total. The van der Waals surface area contributed by atoms with Gasteiger partial charge in [-0.1, -0.05) is 12.1 Å². The van der Waals surface area contributed by atoms with Crippen LogP contribution in [0.4, 0.5) is 10.3 Å². The van der Waals surface area contributed by atoms with E-state index in [9.17, 15) is 4.39 Å². The number of methoxy groups -OCH3 is 1. The standard InChI is InChI=1S/C14H14FN5O/c1-20-8-17-11-12(20)18-14(19-13(11)21-2)16-7-9-3-5-10(15)6-4-9/h3-6,8H,7H2,1-2H3,(H,16,18,19). The van der Waals surface area contributed by atoms with Gasteiger partial charge in [0.05, 0.1) is 13.4 Å². The highest BCUT2D eigenvalue weighted by Crippen LogP contribution is 2.21. The fourth-order valence-corrected chi connectivity index (χ4v) is 1.99. The molecule has 21 heavy (non-hydrogen) atoms. The van der Waals surface area contributed by atoms with Gasteiger partial charge in [0.2, 0.25) is 11.8 Å². The Kier molecular flexibility index (Phi) is 3.39. The molecule has 0 spiro atoms. The van der Waals surface area contributed by atoms with Crippen molar-refractivity contribution in [2.75, 3.05) is 12.4 Å². The Labute approximate surface area is 120 Å². The van der Waals surface area contributed by atoms with Gasteiger partial charge in [-0.15, -0.1) is 0 Å². The highest BCUT2D eigenvalue weighted by molar-refractivity contribution is 5.77. The third-order valence-corrected chi connectivity index (χ3v) is 3.08. The van der Waals surface area contributed by atoms with Crippen molar-refractivity contribution in [1.29, 1.82) is 0 Å². The van der Waals surface area contributed by atoms with E-state index in [4.69, 9.17) is 4.74 Å². The summed E-state index contributed by atoms with van der Waals surface area (Å²) in [5.74, 6) is 0.599. The summed E-state index contributed by atoms with van der Waals surface area (Å²) in [6.07, 6.45) is 1.66. The predicted molar refractivity (Wildman–Crippen MR) is 76.6 cm³/mol. The number of benzene rings is 1. The van der Waals surface area contributed by atoms with Crippen LogP contribution in [-0.4, -0.2) is 26.6 Å². The van der Waals surface area contributed by atoms with E-state index in [1.165, 1.54) is 12.1 Å². The predicted octanol–water partition coefficient (Wildman–Crippen LogP) is 2.12. The molecule has 7 heteroatoms. The fraction of sp³-hybridized carbons (Fsp3) is 0.214. The SMILES string of the molecule is COc1nc(NCc2ccc(F)cc2)nc2c1ncn2C. The maximum Gasteiger partial charge on any atom is 0.246 e. The van der Waals surface area contributed by atoms with Crippen LogP contribution in [0.5, 0.6) is 5.88 Å². The average molecular weight is 287 g/mol.